The van der Waals surface area contributed by atoms with E-state index in [0.29, 0.717) is 44.7 Å². The van der Waals surface area contributed by atoms with Gasteiger partial charge in [0.05, 0.1) is 39.0 Å². The molecule has 756 valence electrons. The minimum Gasteiger partial charge on any atom is -0.496 e. The number of hydrogen-bond donors (Lipinski definition) is 3. The topological polar surface area (TPSA) is 228 Å². The largest absolute Gasteiger partial charge is 0.496 e. The summed E-state index contributed by atoms with van der Waals surface area (Å²) in [6.45, 7) is 64.4. The molecule has 1 aliphatic carbocycles. The number of morpholine rings is 1. The highest BCUT2D eigenvalue weighted by Crippen LogP contribution is 2.35. The van der Waals surface area contributed by atoms with E-state index in [9.17, 15) is 95.8 Å². The fraction of sp³-hybridized carbons (Fsp3) is 0.727. The van der Waals surface area contributed by atoms with E-state index in [1.807, 2.05) is 163 Å². The first-order valence-corrected chi connectivity index (χ1v) is 44.9. The number of alkyl halides is 11. The molecule has 20 nitrogen and oxygen atoms in total. The summed E-state index contributed by atoms with van der Waals surface area (Å²) in [7, 11) is 1.71. The zero-order chi connectivity index (χ0) is 102. The fourth-order valence-electron chi connectivity index (χ4n) is 11.8. The van der Waals surface area contributed by atoms with Gasteiger partial charge in [0.15, 0.2) is 0 Å². The maximum atomic E-state index is 12.8. The Bertz CT molecular complexity index is 3870. The van der Waals surface area contributed by atoms with Crippen molar-refractivity contribution in [2.24, 2.45) is 37.9 Å². The lowest BCUT2D eigenvalue weighted by Crippen LogP contribution is -2.46. The summed E-state index contributed by atoms with van der Waals surface area (Å²) in [5.74, 6) is -4.67. The van der Waals surface area contributed by atoms with Crippen molar-refractivity contribution in [2.75, 3.05) is 105 Å². The molecule has 1 saturated carbocycles. The van der Waals surface area contributed by atoms with E-state index in [1.54, 1.807) is 54.0 Å². The van der Waals surface area contributed by atoms with Crippen molar-refractivity contribution in [1.82, 2.24) is 45.3 Å². The number of amides is 9. The predicted molar refractivity (Wildman–Crippen MR) is 499 cm³/mol. The van der Waals surface area contributed by atoms with Crippen molar-refractivity contribution in [1.29, 1.82) is 0 Å². The molecule has 0 bridgehead atoms. The Balaban J connectivity index is -0.00000138. The maximum Gasteiger partial charge on any atom is 0.416 e. The molecule has 5 heterocycles. The monoisotopic (exact) mass is 1880 g/mol. The highest BCUT2D eigenvalue weighted by Gasteiger charge is 2.41. The van der Waals surface area contributed by atoms with Crippen LogP contribution in [0.5, 0.6) is 5.75 Å². The minimum atomic E-state index is -4.40. The highest BCUT2D eigenvalue weighted by molar-refractivity contribution is 5.84. The first-order chi connectivity index (χ1) is 58.7. The zero-order valence-electron chi connectivity index (χ0n) is 84.3. The summed E-state index contributed by atoms with van der Waals surface area (Å²) in [6, 6.07) is 20.5. The summed E-state index contributed by atoms with van der Waals surface area (Å²) < 4.78 is 158. The van der Waals surface area contributed by atoms with Crippen LogP contribution in [0.3, 0.4) is 0 Å². The molecule has 9 amide bonds. The van der Waals surface area contributed by atoms with Crippen LogP contribution in [0, 0.1) is 43.7 Å². The number of hydrogen-bond acceptors (Lipinski definition) is 11. The number of piperidine rings is 1. The number of nitrogens with zero attached hydrogens (tertiary/aromatic N) is 6. The maximum absolute atomic E-state index is 12.8. The molecule has 6 fully saturated rings. The average Bonchev–Trinajstić information content (AvgIpc) is 1.79. The van der Waals surface area contributed by atoms with Crippen molar-refractivity contribution in [3.63, 3.8) is 0 Å². The standard InChI is InChI=1S/C13H16F3NO.C11H16O.C10H17F2NO.C10H13F.C9H17NO2.C9H17NO.C9H19NO.C8H15NO.C7H12F3NO.C6H9F2NO.C6H10FNO.CH4/c1-12(2,3)11(18)17-8-9-6-4-5-7-10(9)13(14,15)16;1-11(2,3)9-7-5-6-8-10(9)12-4;1-9(2,3)8(14)13-6-4-10(11,12)5-7-13;1-10(2,3)8-4-6-9(11)7-5-8;1-9(2,3)8(11)10-4-6-12-7-5-10;1-9(2,3)8(11)10-6-4-5-7-10;1-6-10(7-2)8(11)9(3,4)5;1-8(2,3)7(10)9-6-4-5-6;1-6(2,3)5(12)11-4-7(8,9)10;1-5(10)9-3-2-6(7,8)4-9;1-5(9)8-3-2-6(7)4-8;/h4-7H,8H2,1-3H3,(H,17,18);5-8H,1-4H3;4-7H2,1-3H3;4-7H,1-3H3;4-7H2,1-3H3;4-7H2,1-3H3;6-7H2,1-5H3;6H,4-5H2,1-3H3,(H,9,10);4H2,1-3H3,(H,11,12);2-4H2,1H3;6H,2-4H2,1H3;1H4. The van der Waals surface area contributed by atoms with Gasteiger partial charge in [-0.15, -0.1) is 0 Å². The molecule has 6 aliphatic rings. The number of methoxy groups -OCH3 is 1. The summed E-state index contributed by atoms with van der Waals surface area (Å²) in [4.78, 5) is 111. The van der Waals surface area contributed by atoms with Crippen molar-refractivity contribution in [3.05, 3.63) is 101 Å². The van der Waals surface area contributed by atoms with E-state index >= 15 is 0 Å². The molecule has 9 rings (SSSR count). The smallest absolute Gasteiger partial charge is 0.416 e. The lowest BCUT2D eigenvalue weighted by Gasteiger charge is -2.35. The third-order valence-electron chi connectivity index (χ3n) is 20.1. The van der Waals surface area contributed by atoms with Crippen LogP contribution in [0.2, 0.25) is 0 Å². The lowest BCUT2D eigenvalue weighted by molar-refractivity contribution is -0.145. The van der Waals surface area contributed by atoms with Gasteiger partial charge in [0.25, 0.3) is 11.8 Å². The number of para-hydroxylation sites is 1. The number of carbonyl (C=O) groups excluding carboxylic acids is 9. The molecule has 3 aromatic carbocycles. The Morgan fingerprint density at radius 1 is 0.458 bits per heavy atom. The SMILES string of the molecule is C.CC(=O)N1CCC(F)(F)C1.CC(=O)N1CCC(F)C1.CC(C)(C)C(=O)N1CCC(F)(F)CC1.CC(C)(C)C(=O)N1CCCC1.CC(C)(C)C(=O)N1CCOCC1.CC(C)(C)C(=O)NC1CC1.CC(C)(C)C(=O)NCC(F)(F)F.CC(C)(C)C(=O)NCc1ccccc1C(F)(F)F.CC(C)(C)c1ccc(F)cc1.CCN(CC)C(=O)C(C)(C)C.COc1ccccc1C(C)(C)C. The van der Waals surface area contributed by atoms with Gasteiger partial charge < -0.3 is 54.8 Å². The summed E-state index contributed by atoms with van der Waals surface area (Å²) in [5, 5.41) is 7.27. The van der Waals surface area contributed by atoms with Crippen LogP contribution in [-0.2, 0) is 71.4 Å². The van der Waals surface area contributed by atoms with Crippen LogP contribution in [0.4, 0.5) is 52.7 Å². The third-order valence-corrected chi connectivity index (χ3v) is 20.1. The molecule has 1 atom stereocenters. The Morgan fingerprint density at radius 3 is 1.15 bits per heavy atom. The second-order valence-corrected chi connectivity index (χ2v) is 42.3. The number of halogens is 12. The van der Waals surface area contributed by atoms with Gasteiger partial charge in [-0.3, -0.25) is 43.2 Å². The first kappa shape index (κ1) is 127. The third kappa shape index (κ3) is 54.7. The number of ether oxygens (including phenoxy) is 2. The fourth-order valence-corrected chi connectivity index (χ4v) is 11.8. The van der Waals surface area contributed by atoms with Gasteiger partial charge in [-0.05, 0) is 97.7 Å². The van der Waals surface area contributed by atoms with Crippen molar-refractivity contribution in [2.45, 2.75) is 327 Å². The summed E-state index contributed by atoms with van der Waals surface area (Å²) in [6.07, 6.45) is -4.89. The van der Waals surface area contributed by atoms with Crippen molar-refractivity contribution >= 4 is 53.2 Å². The average molecular weight is 1890 g/mol. The van der Waals surface area contributed by atoms with Gasteiger partial charge in [-0.2, -0.15) is 26.3 Å². The Kier molecular flexibility index (Phi) is 53.3. The van der Waals surface area contributed by atoms with Gasteiger partial charge in [0, 0.05) is 149 Å². The normalized spacial score (nSPS) is 16.6. The van der Waals surface area contributed by atoms with E-state index < -0.39 is 71.2 Å². The van der Waals surface area contributed by atoms with Crippen LogP contribution in [-0.4, -0.2) is 218 Å². The van der Waals surface area contributed by atoms with Gasteiger partial charge >= 0.3 is 12.4 Å². The number of likely N-dealkylation sites (tertiary alicyclic amines) is 4. The van der Waals surface area contributed by atoms with E-state index in [0.717, 1.165) is 51.1 Å². The minimum absolute atomic E-state index is 0. The van der Waals surface area contributed by atoms with Crippen LogP contribution >= 0.6 is 0 Å². The molecule has 0 aromatic heterocycles. The molecule has 5 aliphatic heterocycles. The van der Waals surface area contributed by atoms with Crippen LogP contribution in [0.15, 0.2) is 72.8 Å². The van der Waals surface area contributed by atoms with Gasteiger partial charge in [0.2, 0.25) is 53.2 Å². The summed E-state index contributed by atoms with van der Waals surface area (Å²) in [5.41, 5.74) is -0.685. The second-order valence-electron chi connectivity index (χ2n) is 42.3. The number of benzene rings is 3. The Hall–Kier alpha value is -8.19. The van der Waals surface area contributed by atoms with Gasteiger partial charge in [-0.25, -0.2) is 26.3 Å². The first-order valence-electron chi connectivity index (χ1n) is 44.9. The number of nitrogens with one attached hydrogen (secondary N) is 3. The Morgan fingerprint density at radius 2 is 0.847 bits per heavy atom. The second kappa shape index (κ2) is 55.0. The van der Waals surface area contributed by atoms with Crippen molar-refractivity contribution in [3.8, 4) is 5.75 Å². The molecular formula is C99H165F12N9O11. The van der Waals surface area contributed by atoms with E-state index in [4.69, 9.17) is 9.47 Å². The molecule has 0 radical (unpaired) electrons. The quantitative estimate of drug-likeness (QED) is 0.188. The molecule has 0 spiro atoms. The van der Waals surface area contributed by atoms with Crippen LogP contribution < -0.4 is 20.7 Å². The van der Waals surface area contributed by atoms with E-state index in [-0.39, 0.29) is 138 Å². The number of rotatable bonds is 7. The molecule has 3 aromatic rings. The molecular weight excluding hydrogens is 1720 g/mol. The molecule has 32 heteroatoms. The molecule has 131 heavy (non-hydrogen) atoms. The van der Waals surface area contributed by atoms with Gasteiger partial charge in [0.1, 0.15) is 24.3 Å². The highest BCUT2D eigenvalue weighted by atomic mass is 19.4. The predicted octanol–water partition coefficient (Wildman–Crippen LogP) is 21.3. The summed E-state index contributed by atoms with van der Waals surface area (Å²) >= 11 is 0. The van der Waals surface area contributed by atoms with E-state index in [2.05, 4.69) is 58.2 Å². The van der Waals surface area contributed by atoms with Crippen LogP contribution in [0.1, 0.15) is 296 Å². The molecule has 3 N–H and O–H groups in total. The molecule has 1 unspecified atom stereocenters. The van der Waals surface area contributed by atoms with E-state index in [1.165, 1.54) is 95.7 Å². The Labute approximate surface area is 777 Å². The lowest BCUT2D eigenvalue weighted by atomic mass is 9.86. The number of carbonyl (C=O) groups is 9. The molecule has 5 saturated heterocycles. The van der Waals surface area contributed by atoms with Crippen molar-refractivity contribution < 1.29 is 105 Å². The van der Waals surface area contributed by atoms with Crippen LogP contribution in [0.25, 0.3) is 0 Å². The zero-order valence-corrected chi connectivity index (χ0v) is 84.3. The van der Waals surface area contributed by atoms with Gasteiger partial charge in [-0.1, -0.05) is 243 Å².